The first-order valence-corrected chi connectivity index (χ1v) is 8.33. The van der Waals surface area contributed by atoms with Crippen LogP contribution in [-0.4, -0.2) is 34.5 Å². The maximum absolute atomic E-state index is 12.7. The maximum atomic E-state index is 12.7. The number of alkyl halides is 3. The van der Waals surface area contributed by atoms with E-state index in [4.69, 9.17) is 0 Å². The molecule has 3 rings (SSSR count). The zero-order chi connectivity index (χ0) is 16.3. The van der Waals surface area contributed by atoms with Crippen LogP contribution in [0.4, 0.5) is 19.1 Å². The molecule has 1 atom stereocenters. The van der Waals surface area contributed by atoms with Crippen molar-refractivity contribution in [3.63, 3.8) is 0 Å². The predicted molar refractivity (Wildman–Crippen MR) is 83.4 cm³/mol. The topological polar surface area (TPSA) is 41.1 Å². The summed E-state index contributed by atoms with van der Waals surface area (Å²) < 4.78 is 38.1. The average Bonchev–Trinajstić information content (AvgIpc) is 3.21. The highest BCUT2D eigenvalue weighted by Crippen LogP contribution is 2.30. The highest BCUT2D eigenvalue weighted by Gasteiger charge is 2.33. The monoisotopic (exact) mass is 342 g/mol. The number of aromatic nitrogens is 2. The van der Waals surface area contributed by atoms with Gasteiger partial charge in [-0.25, -0.2) is 9.97 Å². The number of anilines is 1. The van der Waals surface area contributed by atoms with Crippen LogP contribution in [0.5, 0.6) is 0 Å². The smallest absolute Gasteiger partial charge is 0.352 e. The van der Waals surface area contributed by atoms with Crippen LogP contribution in [0.1, 0.15) is 29.5 Å². The Morgan fingerprint density at radius 3 is 2.70 bits per heavy atom. The molecule has 3 heterocycles. The minimum absolute atomic E-state index is 0.0144. The molecule has 8 heteroatoms. The second kappa shape index (κ2) is 6.84. The minimum atomic E-state index is -4.46. The summed E-state index contributed by atoms with van der Waals surface area (Å²) in [7, 11) is 0. The standard InChI is InChI=1S/C15H17F3N4S/c16-15(17,18)13-5-6-19-14(21-13)20-10-11(12-4-3-9-23-12)22-7-1-2-8-22/h3-6,9,11H,1-2,7-8,10H2,(H,19,20,21). The molecule has 0 bridgehead atoms. The summed E-state index contributed by atoms with van der Waals surface area (Å²) in [6, 6.07) is 5.06. The van der Waals surface area contributed by atoms with Crippen molar-refractivity contribution in [1.82, 2.24) is 14.9 Å². The molecule has 124 valence electrons. The molecule has 0 saturated carbocycles. The first-order chi connectivity index (χ1) is 11.0. The highest BCUT2D eigenvalue weighted by atomic mass is 32.1. The number of thiophene rings is 1. The van der Waals surface area contributed by atoms with Crippen molar-refractivity contribution in [2.24, 2.45) is 0 Å². The molecule has 1 unspecified atom stereocenters. The van der Waals surface area contributed by atoms with E-state index in [-0.39, 0.29) is 12.0 Å². The van der Waals surface area contributed by atoms with Crippen LogP contribution < -0.4 is 5.32 Å². The first kappa shape index (κ1) is 16.2. The van der Waals surface area contributed by atoms with E-state index >= 15 is 0 Å². The Hall–Kier alpha value is -1.67. The Morgan fingerprint density at radius 2 is 2.04 bits per heavy atom. The molecule has 4 nitrogen and oxygen atoms in total. The largest absolute Gasteiger partial charge is 0.433 e. The van der Waals surface area contributed by atoms with E-state index in [1.54, 1.807) is 11.3 Å². The molecule has 1 aliphatic heterocycles. The van der Waals surface area contributed by atoms with Crippen LogP contribution in [0.2, 0.25) is 0 Å². The van der Waals surface area contributed by atoms with Gasteiger partial charge >= 0.3 is 6.18 Å². The number of halogens is 3. The van der Waals surface area contributed by atoms with Crippen LogP contribution in [0.15, 0.2) is 29.8 Å². The molecule has 0 radical (unpaired) electrons. The number of likely N-dealkylation sites (tertiary alicyclic amines) is 1. The maximum Gasteiger partial charge on any atom is 0.433 e. The van der Waals surface area contributed by atoms with E-state index in [1.165, 1.54) is 4.88 Å². The van der Waals surface area contributed by atoms with E-state index in [2.05, 4.69) is 26.3 Å². The van der Waals surface area contributed by atoms with E-state index in [0.717, 1.165) is 38.2 Å². The van der Waals surface area contributed by atoms with Crippen LogP contribution in [0.3, 0.4) is 0 Å². The second-order valence-corrected chi connectivity index (χ2v) is 6.40. The third-order valence-corrected chi connectivity index (χ3v) is 4.83. The van der Waals surface area contributed by atoms with Gasteiger partial charge in [-0.15, -0.1) is 11.3 Å². The molecule has 1 saturated heterocycles. The third kappa shape index (κ3) is 4.00. The van der Waals surface area contributed by atoms with Gasteiger partial charge in [0.15, 0.2) is 0 Å². The summed E-state index contributed by atoms with van der Waals surface area (Å²) in [5.41, 5.74) is -0.927. The number of nitrogens with one attached hydrogen (secondary N) is 1. The lowest BCUT2D eigenvalue weighted by Gasteiger charge is -2.27. The molecule has 2 aromatic heterocycles. The van der Waals surface area contributed by atoms with Gasteiger partial charge < -0.3 is 5.32 Å². The molecule has 0 amide bonds. The normalized spacial score (nSPS) is 17.3. The lowest BCUT2D eigenvalue weighted by Crippen LogP contribution is -2.30. The first-order valence-electron chi connectivity index (χ1n) is 7.45. The Balaban J connectivity index is 1.72. The Morgan fingerprint density at radius 1 is 1.26 bits per heavy atom. The Kier molecular flexibility index (Phi) is 4.82. The van der Waals surface area contributed by atoms with E-state index in [9.17, 15) is 13.2 Å². The van der Waals surface area contributed by atoms with Crippen molar-refractivity contribution < 1.29 is 13.2 Å². The number of hydrogen-bond donors (Lipinski definition) is 1. The van der Waals surface area contributed by atoms with Crippen molar-refractivity contribution in [3.05, 3.63) is 40.3 Å². The molecular formula is C15H17F3N4S. The molecule has 0 aromatic carbocycles. The highest BCUT2D eigenvalue weighted by molar-refractivity contribution is 7.10. The molecule has 1 N–H and O–H groups in total. The van der Waals surface area contributed by atoms with Gasteiger partial charge in [-0.05, 0) is 43.4 Å². The zero-order valence-electron chi connectivity index (χ0n) is 12.4. The summed E-state index contributed by atoms with van der Waals surface area (Å²) in [5, 5.41) is 4.98. The fraction of sp³-hybridized carbons (Fsp3) is 0.467. The molecule has 23 heavy (non-hydrogen) atoms. The quantitative estimate of drug-likeness (QED) is 0.897. The fourth-order valence-electron chi connectivity index (χ4n) is 2.73. The van der Waals surface area contributed by atoms with Crippen molar-refractivity contribution in [1.29, 1.82) is 0 Å². The summed E-state index contributed by atoms with van der Waals surface area (Å²) >= 11 is 1.66. The van der Waals surface area contributed by atoms with Gasteiger partial charge in [0.25, 0.3) is 0 Å². The third-order valence-electron chi connectivity index (χ3n) is 3.85. The minimum Gasteiger partial charge on any atom is -0.352 e. The van der Waals surface area contributed by atoms with Crippen molar-refractivity contribution >= 4 is 17.3 Å². The van der Waals surface area contributed by atoms with Crippen molar-refractivity contribution in [3.8, 4) is 0 Å². The SMILES string of the molecule is FC(F)(F)c1ccnc(NCC(c2cccs2)N2CCCC2)n1. The van der Waals surface area contributed by atoms with Gasteiger partial charge in [-0.3, -0.25) is 4.90 Å². The fourth-order valence-corrected chi connectivity index (χ4v) is 3.59. The molecule has 1 aliphatic rings. The summed E-state index contributed by atoms with van der Waals surface area (Å²) in [6.07, 6.45) is -1.01. The molecular weight excluding hydrogens is 325 g/mol. The van der Waals surface area contributed by atoms with Crippen LogP contribution in [0, 0.1) is 0 Å². The summed E-state index contributed by atoms with van der Waals surface area (Å²) in [4.78, 5) is 11.0. The number of hydrogen-bond acceptors (Lipinski definition) is 5. The van der Waals surface area contributed by atoms with Gasteiger partial charge in [0.2, 0.25) is 5.95 Å². The molecule has 0 spiro atoms. The van der Waals surface area contributed by atoms with E-state index < -0.39 is 11.9 Å². The number of rotatable bonds is 5. The second-order valence-electron chi connectivity index (χ2n) is 5.42. The molecule has 1 fully saturated rings. The van der Waals surface area contributed by atoms with Gasteiger partial charge in [-0.2, -0.15) is 13.2 Å². The van der Waals surface area contributed by atoms with Crippen LogP contribution in [0.25, 0.3) is 0 Å². The summed E-state index contributed by atoms with van der Waals surface area (Å²) in [5.74, 6) is 0.0144. The molecule has 0 aliphatic carbocycles. The zero-order valence-corrected chi connectivity index (χ0v) is 13.2. The van der Waals surface area contributed by atoms with Gasteiger partial charge in [0.1, 0.15) is 5.69 Å². The van der Waals surface area contributed by atoms with Gasteiger partial charge in [0, 0.05) is 17.6 Å². The number of nitrogens with zero attached hydrogens (tertiary/aromatic N) is 3. The Labute approximate surface area is 136 Å². The van der Waals surface area contributed by atoms with Gasteiger partial charge in [0.05, 0.1) is 6.04 Å². The van der Waals surface area contributed by atoms with Crippen molar-refractivity contribution in [2.75, 3.05) is 25.0 Å². The van der Waals surface area contributed by atoms with Crippen molar-refractivity contribution in [2.45, 2.75) is 25.1 Å². The lowest BCUT2D eigenvalue weighted by atomic mass is 10.2. The van der Waals surface area contributed by atoms with Gasteiger partial charge in [-0.1, -0.05) is 6.07 Å². The average molecular weight is 342 g/mol. The van der Waals surface area contributed by atoms with E-state index in [1.807, 2.05) is 11.4 Å². The summed E-state index contributed by atoms with van der Waals surface area (Å²) in [6.45, 7) is 2.50. The lowest BCUT2D eigenvalue weighted by molar-refractivity contribution is -0.141. The van der Waals surface area contributed by atoms with Crippen LogP contribution in [-0.2, 0) is 6.18 Å². The Bertz CT molecular complexity index is 624. The predicted octanol–water partition coefficient (Wildman–Crippen LogP) is 3.81. The molecule has 2 aromatic rings. The van der Waals surface area contributed by atoms with E-state index in [0.29, 0.717) is 6.54 Å². The van der Waals surface area contributed by atoms with Crippen LogP contribution >= 0.6 is 11.3 Å².